The molecule has 0 aliphatic rings. The highest BCUT2D eigenvalue weighted by molar-refractivity contribution is 7.92. The largest absolute Gasteiger partial charge is 0.494 e. The molecule has 1 N–H and O–H groups in total. The van der Waals surface area contributed by atoms with E-state index in [1.165, 1.54) is 17.0 Å². The van der Waals surface area contributed by atoms with Crippen molar-refractivity contribution >= 4 is 27.5 Å². The number of anilines is 1. The lowest BCUT2D eigenvalue weighted by molar-refractivity contribution is -0.139. The number of nitrogens with one attached hydrogen (secondary N) is 1. The summed E-state index contributed by atoms with van der Waals surface area (Å²) in [5, 5.41) is 2.86. The summed E-state index contributed by atoms with van der Waals surface area (Å²) >= 11 is 0. The van der Waals surface area contributed by atoms with Crippen LogP contribution in [-0.4, -0.2) is 50.4 Å². The Balaban J connectivity index is 2.03. The topological polar surface area (TPSA) is 96.0 Å². The number of hydrogen-bond donors (Lipinski definition) is 1. The predicted octanol–water partition coefficient (Wildman–Crippen LogP) is 4.84. The third kappa shape index (κ3) is 7.85. The van der Waals surface area contributed by atoms with E-state index in [0.29, 0.717) is 18.0 Å². The summed E-state index contributed by atoms with van der Waals surface area (Å²) < 4.78 is 34.4. The average Bonchev–Trinajstić information content (AvgIpc) is 2.90. The van der Waals surface area contributed by atoms with E-state index in [4.69, 9.17) is 4.74 Å². The van der Waals surface area contributed by atoms with Crippen LogP contribution in [0.2, 0.25) is 0 Å². The van der Waals surface area contributed by atoms with Gasteiger partial charge in [0.15, 0.2) is 0 Å². The molecule has 0 heterocycles. The summed E-state index contributed by atoms with van der Waals surface area (Å²) in [4.78, 5) is 28.5. The van der Waals surface area contributed by atoms with Gasteiger partial charge in [0, 0.05) is 12.6 Å². The van der Waals surface area contributed by atoms with Gasteiger partial charge < -0.3 is 15.0 Å². The molecule has 0 fully saturated rings. The molecule has 214 valence electrons. The lowest BCUT2D eigenvalue weighted by Gasteiger charge is -2.32. The molecule has 40 heavy (non-hydrogen) atoms. The molecule has 1 atom stereocenters. The molecule has 0 saturated carbocycles. The molecule has 8 nitrogen and oxygen atoms in total. The fourth-order valence-electron chi connectivity index (χ4n) is 4.24. The first-order valence-corrected chi connectivity index (χ1v) is 14.8. The number of hydrogen-bond acceptors (Lipinski definition) is 5. The smallest absolute Gasteiger partial charge is 0.264 e. The number of sulfonamides is 1. The molecule has 0 spiro atoms. The number of ether oxygens (including phenoxy) is 1. The minimum Gasteiger partial charge on any atom is -0.494 e. The van der Waals surface area contributed by atoms with Crippen LogP contribution in [-0.2, 0) is 26.2 Å². The van der Waals surface area contributed by atoms with E-state index in [-0.39, 0.29) is 23.4 Å². The summed E-state index contributed by atoms with van der Waals surface area (Å²) in [7, 11) is -4.12. The van der Waals surface area contributed by atoms with E-state index in [9.17, 15) is 18.0 Å². The molecule has 0 aliphatic carbocycles. The van der Waals surface area contributed by atoms with Gasteiger partial charge in [0.25, 0.3) is 10.0 Å². The second kappa shape index (κ2) is 13.5. The summed E-state index contributed by atoms with van der Waals surface area (Å²) in [6.45, 7) is 11.2. The molecular formula is C31H39N3O5S. The molecular weight excluding hydrogens is 526 g/mol. The van der Waals surface area contributed by atoms with Crippen LogP contribution in [0.4, 0.5) is 5.69 Å². The molecule has 3 rings (SSSR count). The third-order valence-corrected chi connectivity index (χ3v) is 8.15. The van der Waals surface area contributed by atoms with Gasteiger partial charge in [-0.3, -0.25) is 13.9 Å². The van der Waals surface area contributed by atoms with Gasteiger partial charge in [0.2, 0.25) is 11.8 Å². The van der Waals surface area contributed by atoms with Crippen molar-refractivity contribution in [3.63, 3.8) is 0 Å². The molecule has 9 heteroatoms. The van der Waals surface area contributed by atoms with Crippen molar-refractivity contribution in [2.24, 2.45) is 0 Å². The van der Waals surface area contributed by atoms with Crippen LogP contribution in [0.1, 0.15) is 44.4 Å². The van der Waals surface area contributed by atoms with Crippen LogP contribution in [0, 0.1) is 13.8 Å². The Kier molecular flexibility index (Phi) is 10.3. The highest BCUT2D eigenvalue weighted by atomic mass is 32.2. The molecule has 0 bridgehead atoms. The monoisotopic (exact) mass is 565 g/mol. The molecule has 0 radical (unpaired) electrons. The summed E-state index contributed by atoms with van der Waals surface area (Å²) in [6.07, 6.45) is 0. The van der Waals surface area contributed by atoms with E-state index in [2.05, 4.69) is 5.32 Å². The Morgan fingerprint density at radius 3 is 2.12 bits per heavy atom. The number of carbonyl (C=O) groups excluding carboxylic acids is 2. The first-order chi connectivity index (χ1) is 18.9. The highest BCUT2D eigenvalue weighted by Gasteiger charge is 2.32. The summed E-state index contributed by atoms with van der Waals surface area (Å²) in [5.74, 6) is -0.229. The first-order valence-electron chi connectivity index (χ1n) is 13.4. The zero-order valence-electron chi connectivity index (χ0n) is 24.0. The van der Waals surface area contributed by atoms with Crippen LogP contribution in [0.25, 0.3) is 0 Å². The Bertz CT molecular complexity index is 1400. The van der Waals surface area contributed by atoms with Gasteiger partial charge in [-0.1, -0.05) is 47.5 Å². The van der Waals surface area contributed by atoms with Crippen LogP contribution in [0.3, 0.4) is 0 Å². The third-order valence-electron chi connectivity index (χ3n) is 6.36. The maximum absolute atomic E-state index is 14.0. The zero-order chi connectivity index (χ0) is 29.4. The lowest BCUT2D eigenvalue weighted by Crippen LogP contribution is -2.52. The standard InChI is InChI=1S/C31H39N3O5S/c1-7-39-28-15-13-27(14-16-28)34(40(37,38)29-17-11-23(4)12-18-29)21-30(35)33(25(6)31(36)32-22(2)3)20-26-10-8-9-24(5)19-26/h8-19,22,25H,7,20-21H2,1-6H3,(H,32,36)/t25-/m1/s1. The van der Waals surface area contributed by atoms with Crippen LogP contribution in [0.5, 0.6) is 5.75 Å². The van der Waals surface area contributed by atoms with Crippen molar-refractivity contribution in [2.75, 3.05) is 17.5 Å². The fourth-order valence-corrected chi connectivity index (χ4v) is 5.65. The van der Waals surface area contributed by atoms with Gasteiger partial charge in [-0.25, -0.2) is 8.42 Å². The number of rotatable bonds is 12. The van der Waals surface area contributed by atoms with E-state index in [0.717, 1.165) is 21.0 Å². The predicted molar refractivity (Wildman–Crippen MR) is 158 cm³/mol. The number of aryl methyl sites for hydroxylation is 2. The maximum atomic E-state index is 14.0. The summed E-state index contributed by atoms with van der Waals surface area (Å²) in [6, 6.07) is 19.8. The maximum Gasteiger partial charge on any atom is 0.264 e. The van der Waals surface area contributed by atoms with Crippen LogP contribution < -0.4 is 14.4 Å². The first kappa shape index (κ1) is 30.7. The SMILES string of the molecule is CCOc1ccc(N(CC(=O)N(Cc2cccc(C)c2)[C@H](C)C(=O)NC(C)C)S(=O)(=O)c2ccc(C)cc2)cc1. The van der Waals surface area contributed by atoms with Crippen molar-refractivity contribution in [1.82, 2.24) is 10.2 Å². The Morgan fingerprint density at radius 1 is 0.900 bits per heavy atom. The van der Waals surface area contributed by atoms with Gasteiger partial charge >= 0.3 is 0 Å². The number of benzene rings is 3. The van der Waals surface area contributed by atoms with Gasteiger partial charge in [0.05, 0.1) is 17.2 Å². The summed E-state index contributed by atoms with van der Waals surface area (Å²) in [5.41, 5.74) is 3.08. The molecule has 0 unspecified atom stereocenters. The Labute approximate surface area is 238 Å². The van der Waals surface area contributed by atoms with E-state index < -0.39 is 28.5 Å². The van der Waals surface area contributed by atoms with Crippen molar-refractivity contribution in [3.05, 3.63) is 89.5 Å². The van der Waals surface area contributed by atoms with Crippen molar-refractivity contribution < 1.29 is 22.7 Å². The average molecular weight is 566 g/mol. The normalized spacial score (nSPS) is 12.1. The minimum absolute atomic E-state index is 0.0654. The second-order valence-electron chi connectivity index (χ2n) is 10.1. The van der Waals surface area contributed by atoms with Crippen LogP contribution in [0.15, 0.2) is 77.7 Å². The fraction of sp³-hybridized carbons (Fsp3) is 0.355. The molecule has 3 aromatic carbocycles. The van der Waals surface area contributed by atoms with E-state index in [1.54, 1.807) is 43.3 Å². The number of amides is 2. The second-order valence-corrected chi connectivity index (χ2v) is 12.0. The molecule has 0 aromatic heterocycles. The van der Waals surface area contributed by atoms with Gasteiger partial charge in [-0.15, -0.1) is 0 Å². The van der Waals surface area contributed by atoms with E-state index in [1.807, 2.05) is 58.9 Å². The van der Waals surface area contributed by atoms with Crippen molar-refractivity contribution in [1.29, 1.82) is 0 Å². The van der Waals surface area contributed by atoms with Gasteiger partial charge in [0.1, 0.15) is 18.3 Å². The van der Waals surface area contributed by atoms with Gasteiger partial charge in [-0.05, 0) is 83.5 Å². The van der Waals surface area contributed by atoms with Crippen LogP contribution >= 0.6 is 0 Å². The minimum atomic E-state index is -4.12. The Hall–Kier alpha value is -3.85. The molecule has 0 saturated heterocycles. The number of nitrogens with zero attached hydrogens (tertiary/aromatic N) is 2. The molecule has 0 aliphatic heterocycles. The highest BCUT2D eigenvalue weighted by Crippen LogP contribution is 2.27. The quantitative estimate of drug-likeness (QED) is 0.339. The number of carbonyl (C=O) groups is 2. The van der Waals surface area contributed by atoms with Crippen molar-refractivity contribution in [3.8, 4) is 5.75 Å². The molecule has 3 aromatic rings. The molecule has 2 amide bonds. The zero-order valence-corrected chi connectivity index (χ0v) is 24.9. The van der Waals surface area contributed by atoms with Gasteiger partial charge in [-0.2, -0.15) is 0 Å². The van der Waals surface area contributed by atoms with E-state index >= 15 is 0 Å². The lowest BCUT2D eigenvalue weighted by atomic mass is 10.1. The Morgan fingerprint density at radius 2 is 1.55 bits per heavy atom. The van der Waals surface area contributed by atoms with Crippen molar-refractivity contribution in [2.45, 2.75) is 65.1 Å².